The van der Waals surface area contributed by atoms with E-state index in [0.717, 1.165) is 30.9 Å². The Labute approximate surface area is 111 Å². The summed E-state index contributed by atoms with van der Waals surface area (Å²) in [6.45, 7) is 3.15. The minimum Gasteiger partial charge on any atom is -0.478 e. The van der Waals surface area contributed by atoms with Crippen LogP contribution in [0.2, 0.25) is 0 Å². The predicted octanol–water partition coefficient (Wildman–Crippen LogP) is 3.15. The van der Waals surface area contributed by atoms with Crippen molar-refractivity contribution < 1.29 is 9.90 Å². The number of aromatic carboxylic acids is 1. The van der Waals surface area contributed by atoms with Gasteiger partial charge in [-0.3, -0.25) is 0 Å². The van der Waals surface area contributed by atoms with Crippen molar-refractivity contribution in [1.82, 2.24) is 9.55 Å². The molecule has 0 radical (unpaired) electrons. The Morgan fingerprint density at radius 2 is 2.21 bits per heavy atom. The molecule has 0 aliphatic carbocycles. The third kappa shape index (κ3) is 2.03. The average Bonchev–Trinajstić information content (AvgIpc) is 2.84. The van der Waals surface area contributed by atoms with E-state index in [2.05, 4.69) is 16.5 Å². The van der Waals surface area contributed by atoms with Crippen molar-refractivity contribution in [2.75, 3.05) is 0 Å². The highest BCUT2D eigenvalue weighted by Gasteiger charge is 2.21. The summed E-state index contributed by atoms with van der Waals surface area (Å²) >= 11 is 0. The van der Waals surface area contributed by atoms with Crippen molar-refractivity contribution in [1.29, 1.82) is 0 Å². The van der Waals surface area contributed by atoms with E-state index in [1.54, 1.807) is 12.1 Å². The lowest BCUT2D eigenvalue weighted by Gasteiger charge is -2.19. The highest BCUT2D eigenvalue weighted by molar-refractivity contribution is 5.95. The summed E-state index contributed by atoms with van der Waals surface area (Å²) in [6, 6.07) is 7.04. The molecule has 4 nitrogen and oxygen atoms in total. The zero-order valence-electron chi connectivity index (χ0n) is 10.8. The summed E-state index contributed by atoms with van der Waals surface area (Å²) in [5.74, 6) is 0.607. The largest absolute Gasteiger partial charge is 0.478 e. The van der Waals surface area contributed by atoms with Crippen LogP contribution in [0.15, 0.2) is 30.5 Å². The molecule has 1 aliphatic heterocycles. The van der Waals surface area contributed by atoms with Crippen molar-refractivity contribution in [3.05, 3.63) is 41.9 Å². The van der Waals surface area contributed by atoms with Gasteiger partial charge in [-0.2, -0.15) is 0 Å². The Morgan fingerprint density at radius 3 is 2.95 bits per heavy atom. The van der Waals surface area contributed by atoms with Crippen molar-refractivity contribution >= 4 is 5.97 Å². The van der Waals surface area contributed by atoms with E-state index in [0.29, 0.717) is 17.0 Å². The van der Waals surface area contributed by atoms with Gasteiger partial charge in [-0.15, -0.1) is 0 Å². The molecule has 2 heterocycles. The Bertz CT molecular complexity index is 631. The van der Waals surface area contributed by atoms with Crippen molar-refractivity contribution in [2.24, 2.45) is 0 Å². The Kier molecular flexibility index (Phi) is 2.85. The first kappa shape index (κ1) is 12.0. The number of rotatable bonds is 2. The zero-order chi connectivity index (χ0) is 13.4. The second kappa shape index (κ2) is 4.53. The average molecular weight is 256 g/mol. The van der Waals surface area contributed by atoms with Gasteiger partial charge >= 0.3 is 5.97 Å². The number of hydrogen-bond donors (Lipinski definition) is 1. The van der Waals surface area contributed by atoms with Crippen molar-refractivity contribution in [3.63, 3.8) is 0 Å². The molecule has 1 aliphatic rings. The zero-order valence-corrected chi connectivity index (χ0v) is 10.8. The molecule has 1 aromatic carbocycles. The minimum atomic E-state index is -0.908. The third-order valence-electron chi connectivity index (χ3n) is 3.72. The molecule has 4 heteroatoms. The molecule has 98 valence electrons. The molecule has 0 saturated heterocycles. The molecule has 3 rings (SSSR count). The second-order valence-corrected chi connectivity index (χ2v) is 5.07. The smallest absolute Gasteiger partial charge is 0.336 e. The van der Waals surface area contributed by atoms with E-state index in [1.165, 1.54) is 0 Å². The summed E-state index contributed by atoms with van der Waals surface area (Å²) in [7, 11) is 0. The van der Waals surface area contributed by atoms with Crippen LogP contribution in [0, 0.1) is 0 Å². The maximum absolute atomic E-state index is 11.3. The normalized spacial score (nSPS) is 18.1. The van der Waals surface area contributed by atoms with E-state index in [4.69, 9.17) is 0 Å². The van der Waals surface area contributed by atoms with Gasteiger partial charge in [0, 0.05) is 24.2 Å². The number of aryl methyl sites for hydroxylation is 1. The standard InChI is InChI=1S/C15H16N2O2/c1-10-5-4-8-17-9-13(16-14(10)17)11-6-2-3-7-12(11)15(18)19/h2-3,6-7,9-10H,4-5,8H2,1H3,(H,18,19). The fraction of sp³-hybridized carbons (Fsp3) is 0.333. The van der Waals surface area contributed by atoms with E-state index < -0.39 is 5.97 Å². The lowest BCUT2D eigenvalue weighted by molar-refractivity contribution is 0.0697. The summed E-state index contributed by atoms with van der Waals surface area (Å²) < 4.78 is 2.15. The molecular weight excluding hydrogens is 240 g/mol. The summed E-state index contributed by atoms with van der Waals surface area (Å²) in [4.78, 5) is 15.9. The van der Waals surface area contributed by atoms with Crippen LogP contribution in [-0.2, 0) is 6.54 Å². The fourth-order valence-electron chi connectivity index (χ4n) is 2.72. The number of benzene rings is 1. The summed E-state index contributed by atoms with van der Waals surface area (Å²) in [5.41, 5.74) is 1.77. The number of aromatic nitrogens is 2. The van der Waals surface area contributed by atoms with Gasteiger partial charge in [0.2, 0.25) is 0 Å². The topological polar surface area (TPSA) is 55.1 Å². The van der Waals surface area contributed by atoms with Crippen LogP contribution in [0.1, 0.15) is 41.9 Å². The van der Waals surface area contributed by atoms with Gasteiger partial charge in [-0.25, -0.2) is 9.78 Å². The molecule has 0 amide bonds. The van der Waals surface area contributed by atoms with Gasteiger partial charge in [-0.1, -0.05) is 25.1 Å². The number of imidazole rings is 1. The van der Waals surface area contributed by atoms with Gasteiger partial charge < -0.3 is 9.67 Å². The highest BCUT2D eigenvalue weighted by atomic mass is 16.4. The van der Waals surface area contributed by atoms with Gasteiger partial charge in [0.05, 0.1) is 11.3 Å². The van der Waals surface area contributed by atoms with Gasteiger partial charge in [0.15, 0.2) is 0 Å². The quantitative estimate of drug-likeness (QED) is 0.898. The first-order valence-corrected chi connectivity index (χ1v) is 6.56. The van der Waals surface area contributed by atoms with Crippen LogP contribution in [0.3, 0.4) is 0 Å². The maximum atomic E-state index is 11.3. The van der Waals surface area contributed by atoms with Gasteiger partial charge in [0.25, 0.3) is 0 Å². The number of fused-ring (bicyclic) bond motifs is 1. The molecule has 1 unspecified atom stereocenters. The predicted molar refractivity (Wildman–Crippen MR) is 72.3 cm³/mol. The second-order valence-electron chi connectivity index (χ2n) is 5.07. The molecule has 2 aromatic rings. The molecule has 0 spiro atoms. The molecule has 0 saturated carbocycles. The van der Waals surface area contributed by atoms with Gasteiger partial charge in [0.1, 0.15) is 5.82 Å². The lowest BCUT2D eigenvalue weighted by Crippen LogP contribution is -2.12. The van der Waals surface area contributed by atoms with E-state index in [9.17, 15) is 9.90 Å². The SMILES string of the molecule is CC1CCCn2cc(-c3ccccc3C(=O)O)nc21. The van der Waals surface area contributed by atoms with Crippen molar-refractivity contribution in [2.45, 2.75) is 32.2 Å². The molecule has 0 fully saturated rings. The summed E-state index contributed by atoms with van der Waals surface area (Å²) in [5, 5.41) is 9.25. The van der Waals surface area contributed by atoms with Gasteiger partial charge in [-0.05, 0) is 18.9 Å². The number of carboxylic acids is 1. The first-order valence-electron chi connectivity index (χ1n) is 6.56. The molecule has 1 atom stereocenters. The molecule has 1 aromatic heterocycles. The number of carbonyl (C=O) groups is 1. The van der Waals surface area contributed by atoms with E-state index >= 15 is 0 Å². The van der Waals surface area contributed by atoms with Crippen molar-refractivity contribution in [3.8, 4) is 11.3 Å². The maximum Gasteiger partial charge on any atom is 0.336 e. The molecule has 1 N–H and O–H groups in total. The number of hydrogen-bond acceptors (Lipinski definition) is 2. The first-order chi connectivity index (χ1) is 9.16. The lowest BCUT2D eigenvalue weighted by atomic mass is 10.0. The monoisotopic (exact) mass is 256 g/mol. The molecule has 19 heavy (non-hydrogen) atoms. The van der Waals surface area contributed by atoms with E-state index in [1.807, 2.05) is 18.3 Å². The van der Waals surface area contributed by atoms with Crippen LogP contribution in [-0.4, -0.2) is 20.6 Å². The minimum absolute atomic E-state index is 0.311. The fourth-order valence-corrected chi connectivity index (χ4v) is 2.72. The van der Waals surface area contributed by atoms with Crippen LogP contribution in [0.4, 0.5) is 0 Å². The van der Waals surface area contributed by atoms with E-state index in [-0.39, 0.29) is 0 Å². The summed E-state index contributed by atoms with van der Waals surface area (Å²) in [6.07, 6.45) is 4.29. The molecular formula is C15H16N2O2. The Balaban J connectivity index is 2.11. The molecule has 0 bridgehead atoms. The van der Waals surface area contributed by atoms with Crippen LogP contribution >= 0.6 is 0 Å². The van der Waals surface area contributed by atoms with Crippen LogP contribution in [0.25, 0.3) is 11.3 Å². The third-order valence-corrected chi connectivity index (χ3v) is 3.72. The number of carboxylic acid groups (broad SMARTS) is 1. The Morgan fingerprint density at radius 1 is 1.42 bits per heavy atom. The van der Waals surface area contributed by atoms with Crippen LogP contribution < -0.4 is 0 Å². The van der Waals surface area contributed by atoms with Crippen LogP contribution in [0.5, 0.6) is 0 Å². The Hall–Kier alpha value is -2.10. The number of nitrogens with zero attached hydrogens (tertiary/aromatic N) is 2. The highest BCUT2D eigenvalue weighted by Crippen LogP contribution is 2.30.